The summed E-state index contributed by atoms with van der Waals surface area (Å²) in [7, 11) is 1.95. The third kappa shape index (κ3) is 1.40. The van der Waals surface area contributed by atoms with Crippen molar-refractivity contribution in [2.75, 3.05) is 7.05 Å². The summed E-state index contributed by atoms with van der Waals surface area (Å²) in [5, 5.41) is 6.42. The summed E-state index contributed by atoms with van der Waals surface area (Å²) in [4.78, 5) is 1.38. The maximum Gasteiger partial charge on any atom is 0.129 e. The molecule has 0 fully saturated rings. The molecule has 52 valence electrons. The zero-order chi connectivity index (χ0) is 6.85. The molecule has 9 heavy (non-hydrogen) atoms. The van der Waals surface area contributed by atoms with E-state index in [2.05, 4.69) is 24.5 Å². The molecule has 0 spiro atoms. The maximum absolute atomic E-state index is 3.28. The number of nitrogens with one attached hydrogen (secondary N) is 2. The largest absolute Gasteiger partial charge is 0.364 e. The Morgan fingerprint density at radius 2 is 2.22 bits per heavy atom. The summed E-state index contributed by atoms with van der Waals surface area (Å²) in [5.41, 5.74) is 1.68. The van der Waals surface area contributed by atoms with Crippen molar-refractivity contribution in [1.29, 1.82) is 0 Å². The summed E-state index contributed by atoms with van der Waals surface area (Å²) < 4.78 is 0. The zero-order valence-corrected chi connectivity index (χ0v) is 6.80. The van der Waals surface area contributed by atoms with Crippen LogP contribution in [0.5, 0.6) is 0 Å². The standard InChI is InChI=1S/C6H12N2S/c1-4-5(2)9-6(7-3)8-4/h6-8H,1-3H3. The molecule has 1 unspecified atom stereocenters. The minimum Gasteiger partial charge on any atom is -0.364 e. The van der Waals surface area contributed by atoms with Crippen LogP contribution >= 0.6 is 11.8 Å². The van der Waals surface area contributed by atoms with Crippen LogP contribution in [-0.2, 0) is 0 Å². The molecule has 2 nitrogen and oxygen atoms in total. The van der Waals surface area contributed by atoms with Crippen LogP contribution in [0.2, 0.25) is 0 Å². The quantitative estimate of drug-likeness (QED) is 0.576. The molecule has 1 aliphatic rings. The lowest BCUT2D eigenvalue weighted by Gasteiger charge is -2.08. The molecular weight excluding hydrogens is 132 g/mol. The van der Waals surface area contributed by atoms with Gasteiger partial charge < -0.3 is 5.32 Å². The first-order valence-electron chi connectivity index (χ1n) is 3.02. The molecule has 0 saturated carbocycles. The van der Waals surface area contributed by atoms with Crippen molar-refractivity contribution in [3.63, 3.8) is 0 Å². The molecule has 1 rings (SSSR count). The average molecular weight is 144 g/mol. The van der Waals surface area contributed by atoms with Gasteiger partial charge in [0.2, 0.25) is 0 Å². The number of rotatable bonds is 1. The highest BCUT2D eigenvalue weighted by atomic mass is 32.2. The van der Waals surface area contributed by atoms with Gasteiger partial charge >= 0.3 is 0 Å². The minimum atomic E-state index is 0.394. The van der Waals surface area contributed by atoms with Crippen molar-refractivity contribution in [3.05, 3.63) is 10.6 Å². The molecular formula is C6H12N2S. The number of hydrogen-bond acceptors (Lipinski definition) is 3. The predicted molar refractivity (Wildman–Crippen MR) is 41.9 cm³/mol. The van der Waals surface area contributed by atoms with E-state index in [0.717, 1.165) is 0 Å². The van der Waals surface area contributed by atoms with E-state index in [0.29, 0.717) is 5.50 Å². The van der Waals surface area contributed by atoms with Gasteiger partial charge in [0.25, 0.3) is 0 Å². The van der Waals surface area contributed by atoms with E-state index in [9.17, 15) is 0 Å². The number of hydrogen-bond donors (Lipinski definition) is 2. The average Bonchev–Trinajstić information content (AvgIpc) is 2.13. The molecule has 1 atom stereocenters. The summed E-state index contributed by atoms with van der Waals surface area (Å²) in [6.07, 6.45) is 0. The van der Waals surface area contributed by atoms with Crippen molar-refractivity contribution in [1.82, 2.24) is 10.6 Å². The summed E-state index contributed by atoms with van der Waals surface area (Å²) in [6, 6.07) is 0. The fourth-order valence-electron chi connectivity index (χ4n) is 0.724. The van der Waals surface area contributed by atoms with Gasteiger partial charge in [0.1, 0.15) is 5.50 Å². The first-order valence-corrected chi connectivity index (χ1v) is 3.90. The van der Waals surface area contributed by atoms with E-state index in [1.165, 1.54) is 10.6 Å². The van der Waals surface area contributed by atoms with Crippen LogP contribution in [0.15, 0.2) is 10.6 Å². The third-order valence-corrected chi connectivity index (χ3v) is 2.68. The number of thioether (sulfide) groups is 1. The molecule has 0 saturated heterocycles. The molecule has 0 aromatic rings. The van der Waals surface area contributed by atoms with Crippen LogP contribution in [0.3, 0.4) is 0 Å². The van der Waals surface area contributed by atoms with Crippen LogP contribution in [0.25, 0.3) is 0 Å². The highest BCUT2D eigenvalue weighted by Crippen LogP contribution is 2.26. The Hall–Kier alpha value is -0.150. The highest BCUT2D eigenvalue weighted by molar-refractivity contribution is 8.03. The lowest BCUT2D eigenvalue weighted by Crippen LogP contribution is -2.32. The second-order valence-electron chi connectivity index (χ2n) is 2.11. The normalized spacial score (nSPS) is 26.8. The summed E-state index contributed by atoms with van der Waals surface area (Å²) in [6.45, 7) is 4.23. The van der Waals surface area contributed by atoms with E-state index in [-0.39, 0.29) is 0 Å². The summed E-state index contributed by atoms with van der Waals surface area (Å²) >= 11 is 1.83. The Kier molecular flexibility index (Phi) is 2.03. The zero-order valence-electron chi connectivity index (χ0n) is 5.99. The molecule has 2 N–H and O–H groups in total. The lowest BCUT2D eigenvalue weighted by atomic mass is 10.5. The van der Waals surface area contributed by atoms with Gasteiger partial charge in [-0.2, -0.15) is 0 Å². The first kappa shape index (κ1) is 6.96. The van der Waals surface area contributed by atoms with E-state index in [4.69, 9.17) is 0 Å². The maximum atomic E-state index is 3.28. The molecule has 0 aromatic carbocycles. The highest BCUT2D eigenvalue weighted by Gasteiger charge is 2.15. The topological polar surface area (TPSA) is 24.1 Å². The molecule has 0 radical (unpaired) electrons. The lowest BCUT2D eigenvalue weighted by molar-refractivity contribution is 0.668. The number of allylic oxidation sites excluding steroid dienone is 2. The van der Waals surface area contributed by atoms with Gasteiger partial charge in [0, 0.05) is 10.6 Å². The Bertz CT molecular complexity index is 128. The molecule has 1 heterocycles. The van der Waals surface area contributed by atoms with Gasteiger partial charge in [-0.25, -0.2) is 0 Å². The van der Waals surface area contributed by atoms with Crippen molar-refractivity contribution in [2.24, 2.45) is 0 Å². The van der Waals surface area contributed by atoms with Crippen LogP contribution in [0, 0.1) is 0 Å². The Balaban J connectivity index is 2.48. The van der Waals surface area contributed by atoms with Gasteiger partial charge in [-0.3, -0.25) is 5.32 Å². The molecule has 0 bridgehead atoms. The van der Waals surface area contributed by atoms with Gasteiger partial charge in [-0.1, -0.05) is 11.8 Å². The van der Waals surface area contributed by atoms with Crippen LogP contribution in [0.1, 0.15) is 13.8 Å². The van der Waals surface area contributed by atoms with Gasteiger partial charge in [-0.15, -0.1) is 0 Å². The van der Waals surface area contributed by atoms with E-state index in [1.807, 2.05) is 18.8 Å². The second kappa shape index (κ2) is 2.62. The molecule has 3 heteroatoms. The summed E-state index contributed by atoms with van der Waals surface area (Å²) in [5.74, 6) is 0. The van der Waals surface area contributed by atoms with E-state index < -0.39 is 0 Å². The first-order chi connectivity index (χ1) is 4.24. The SMILES string of the molecule is CNC1NC(C)=C(C)S1. The third-order valence-electron chi connectivity index (χ3n) is 1.43. The molecule has 0 aliphatic carbocycles. The van der Waals surface area contributed by atoms with Gasteiger partial charge in [0.15, 0.2) is 0 Å². The fourth-order valence-corrected chi connectivity index (χ4v) is 1.67. The van der Waals surface area contributed by atoms with E-state index >= 15 is 0 Å². The predicted octanol–water partition coefficient (Wildman–Crippen LogP) is 1.08. The fraction of sp³-hybridized carbons (Fsp3) is 0.667. The minimum absolute atomic E-state index is 0.394. The van der Waals surface area contributed by atoms with E-state index in [1.54, 1.807) is 0 Å². The van der Waals surface area contributed by atoms with Crippen molar-refractivity contribution in [2.45, 2.75) is 19.3 Å². The van der Waals surface area contributed by atoms with Crippen LogP contribution < -0.4 is 10.6 Å². The molecule has 0 aromatic heterocycles. The van der Waals surface area contributed by atoms with Crippen molar-refractivity contribution < 1.29 is 0 Å². The van der Waals surface area contributed by atoms with Crippen molar-refractivity contribution in [3.8, 4) is 0 Å². The Labute approximate surface area is 60.1 Å². The van der Waals surface area contributed by atoms with Crippen molar-refractivity contribution >= 4 is 11.8 Å². The van der Waals surface area contributed by atoms with Crippen LogP contribution in [0.4, 0.5) is 0 Å². The van der Waals surface area contributed by atoms with Gasteiger partial charge in [-0.05, 0) is 20.9 Å². The Morgan fingerprint density at radius 1 is 1.56 bits per heavy atom. The second-order valence-corrected chi connectivity index (χ2v) is 3.43. The van der Waals surface area contributed by atoms with Crippen LogP contribution in [-0.4, -0.2) is 12.5 Å². The smallest absolute Gasteiger partial charge is 0.129 e. The monoisotopic (exact) mass is 144 g/mol. The molecule has 0 amide bonds. The van der Waals surface area contributed by atoms with Gasteiger partial charge in [0.05, 0.1) is 0 Å². The molecule has 1 aliphatic heterocycles. The Morgan fingerprint density at radius 3 is 2.44 bits per heavy atom.